The fourth-order valence-electron chi connectivity index (χ4n) is 6.70. The normalized spacial score (nSPS) is 18.9. The Morgan fingerprint density at radius 1 is 0.930 bits per heavy atom. The zero-order valence-electron chi connectivity index (χ0n) is 32.7. The predicted molar refractivity (Wildman–Crippen MR) is 214 cm³/mol. The van der Waals surface area contributed by atoms with Crippen LogP contribution in [0.25, 0.3) is 11.2 Å². The molecule has 0 radical (unpaired) electrons. The fraction of sp³-hybridized carbons (Fsp3) is 0.390. The highest BCUT2D eigenvalue weighted by Crippen LogP contribution is 2.43. The number of amides is 1. The van der Waals surface area contributed by atoms with Gasteiger partial charge in [-0.2, -0.15) is 11.8 Å². The van der Waals surface area contributed by atoms with Crippen molar-refractivity contribution in [3.8, 4) is 11.5 Å². The molecule has 5 aromatic rings. The average molecular weight is 801 g/mol. The summed E-state index contributed by atoms with van der Waals surface area (Å²) in [5.41, 5.74) is 7.00. The number of nitrogens with one attached hydrogen (secondary N) is 1. The van der Waals surface area contributed by atoms with Gasteiger partial charge in [-0.05, 0) is 80.2 Å². The van der Waals surface area contributed by atoms with E-state index in [0.717, 1.165) is 16.7 Å². The first kappa shape index (κ1) is 41.2. The van der Waals surface area contributed by atoms with Gasteiger partial charge in [0.1, 0.15) is 52.8 Å². The first-order chi connectivity index (χ1) is 27.4. The molecule has 0 bridgehead atoms. The number of nitrogens with zero attached hydrogens (tertiary/aromatic N) is 4. The molecule has 302 valence electrons. The molecule has 1 saturated heterocycles. The number of methoxy groups -OCH3 is 2. The van der Waals surface area contributed by atoms with Gasteiger partial charge in [-0.15, -0.1) is 0 Å². The number of carbonyl (C=O) groups excluding carboxylic acids is 2. The standard InChI is InChI=1S/C41H48N6O9S/c1-40(2,3)56-39(50)46-30(20-21-57-6)38(49)55-34-33(48)31(54-37(34)47-24-45-32-35(42)43-23-44-36(32)47)22-53-41(25-10-8-7-9-11-25,26-12-16-28(51-4)17-13-26)27-14-18-29(52-5)19-15-27/h7-19,23-24,30-31,33-34,37,48H,20-22H2,1-6H3,(H,46,50)(H2,42,43,44)/t30-,31+,33+,34+,37+/m0/s1. The minimum Gasteiger partial charge on any atom is -0.497 e. The molecule has 3 heterocycles. The lowest BCUT2D eigenvalue weighted by Crippen LogP contribution is -2.47. The second-order valence-corrected chi connectivity index (χ2v) is 15.3. The number of hydrogen-bond acceptors (Lipinski definition) is 14. The number of aliphatic hydroxyl groups excluding tert-OH is 1. The van der Waals surface area contributed by atoms with Gasteiger partial charge in [0.25, 0.3) is 0 Å². The number of rotatable bonds is 15. The highest BCUT2D eigenvalue weighted by Gasteiger charge is 2.50. The number of ether oxygens (including phenoxy) is 6. The van der Waals surface area contributed by atoms with Gasteiger partial charge in [0.15, 0.2) is 23.8 Å². The van der Waals surface area contributed by atoms with Gasteiger partial charge in [-0.1, -0.05) is 54.6 Å². The summed E-state index contributed by atoms with van der Waals surface area (Å²) >= 11 is 1.50. The van der Waals surface area contributed by atoms with Crippen LogP contribution in [0.1, 0.15) is 50.1 Å². The maximum Gasteiger partial charge on any atom is 0.408 e. The number of carbonyl (C=O) groups is 2. The second-order valence-electron chi connectivity index (χ2n) is 14.3. The third-order valence-electron chi connectivity index (χ3n) is 9.45. The van der Waals surface area contributed by atoms with Crippen molar-refractivity contribution in [3.05, 3.63) is 108 Å². The summed E-state index contributed by atoms with van der Waals surface area (Å²) in [4.78, 5) is 39.6. The van der Waals surface area contributed by atoms with Crippen LogP contribution >= 0.6 is 11.8 Å². The zero-order valence-corrected chi connectivity index (χ0v) is 33.5. The van der Waals surface area contributed by atoms with Crippen molar-refractivity contribution in [2.75, 3.05) is 38.6 Å². The molecule has 1 fully saturated rings. The van der Waals surface area contributed by atoms with Crippen LogP contribution in [0.15, 0.2) is 91.5 Å². The van der Waals surface area contributed by atoms with E-state index in [0.29, 0.717) is 28.4 Å². The molecule has 5 atom stereocenters. The van der Waals surface area contributed by atoms with Gasteiger partial charge in [0, 0.05) is 0 Å². The predicted octanol–water partition coefficient (Wildman–Crippen LogP) is 5.25. The number of fused-ring (bicyclic) bond motifs is 1. The van der Waals surface area contributed by atoms with E-state index in [9.17, 15) is 14.7 Å². The van der Waals surface area contributed by atoms with Crippen molar-refractivity contribution < 1.29 is 43.1 Å². The number of alkyl carbamates (subject to hydrolysis) is 1. The molecule has 6 rings (SSSR count). The third-order valence-corrected chi connectivity index (χ3v) is 10.1. The van der Waals surface area contributed by atoms with Crippen LogP contribution in [0, 0.1) is 0 Å². The van der Waals surface area contributed by atoms with Gasteiger partial charge in [0.2, 0.25) is 0 Å². The minimum absolute atomic E-state index is 0.135. The average Bonchev–Trinajstić information content (AvgIpc) is 3.77. The van der Waals surface area contributed by atoms with Crippen LogP contribution in [0.2, 0.25) is 0 Å². The van der Waals surface area contributed by atoms with E-state index in [1.807, 2.05) is 85.1 Å². The summed E-state index contributed by atoms with van der Waals surface area (Å²) in [7, 11) is 3.20. The number of nitrogen functional groups attached to an aromatic ring is 1. The van der Waals surface area contributed by atoms with Gasteiger partial charge in [-0.25, -0.2) is 24.5 Å². The number of benzene rings is 3. The monoisotopic (exact) mass is 800 g/mol. The number of aromatic nitrogens is 4. The maximum absolute atomic E-state index is 14.0. The molecule has 16 heteroatoms. The Morgan fingerprint density at radius 3 is 2.12 bits per heavy atom. The van der Waals surface area contributed by atoms with Gasteiger partial charge in [0.05, 0.1) is 27.2 Å². The lowest BCUT2D eigenvalue weighted by molar-refractivity contribution is -0.161. The molecule has 57 heavy (non-hydrogen) atoms. The molecule has 1 aliphatic rings. The lowest BCUT2D eigenvalue weighted by Gasteiger charge is -2.37. The smallest absolute Gasteiger partial charge is 0.408 e. The molecular formula is C41H48N6O9S. The van der Waals surface area contributed by atoms with Gasteiger partial charge < -0.3 is 44.6 Å². The van der Waals surface area contributed by atoms with E-state index in [1.54, 1.807) is 35.0 Å². The van der Waals surface area contributed by atoms with Crippen molar-refractivity contribution in [1.29, 1.82) is 0 Å². The first-order valence-electron chi connectivity index (χ1n) is 18.3. The molecule has 2 aromatic heterocycles. The quantitative estimate of drug-likeness (QED) is 0.0919. The lowest BCUT2D eigenvalue weighted by atomic mass is 9.80. The van der Waals surface area contributed by atoms with Crippen molar-refractivity contribution in [2.45, 2.75) is 69.0 Å². The molecule has 1 amide bonds. The van der Waals surface area contributed by atoms with E-state index in [4.69, 9.17) is 34.2 Å². The molecule has 0 saturated carbocycles. The molecule has 0 aliphatic carbocycles. The summed E-state index contributed by atoms with van der Waals surface area (Å²) in [6.07, 6.45) is -0.895. The number of esters is 1. The minimum atomic E-state index is -1.43. The summed E-state index contributed by atoms with van der Waals surface area (Å²) in [6, 6.07) is 23.7. The van der Waals surface area contributed by atoms with Gasteiger partial charge >= 0.3 is 12.1 Å². The summed E-state index contributed by atoms with van der Waals surface area (Å²) < 4.78 is 37.7. The SMILES string of the molecule is COc1ccc(C(OC[C@H]2O[C@@H](n3cnc4c(N)ncnc43)[C@H](OC(=O)[C@H](CCSC)NC(=O)OC(C)(C)C)[C@@H]2O)(c2ccccc2)c2ccc(OC)cc2)cc1. The van der Waals surface area contributed by atoms with Crippen LogP contribution in [0.5, 0.6) is 11.5 Å². The highest BCUT2D eigenvalue weighted by molar-refractivity contribution is 7.98. The number of anilines is 1. The van der Waals surface area contributed by atoms with Crippen LogP contribution in [-0.2, 0) is 29.3 Å². The van der Waals surface area contributed by atoms with Crippen LogP contribution in [0.4, 0.5) is 10.6 Å². The summed E-state index contributed by atoms with van der Waals surface area (Å²) in [5.74, 6) is 1.19. The Bertz CT molecular complexity index is 2060. The van der Waals surface area contributed by atoms with Gasteiger partial charge in [-0.3, -0.25) is 4.57 Å². The number of hydrogen-bond donors (Lipinski definition) is 3. The Balaban J connectivity index is 1.38. The third kappa shape index (κ3) is 9.09. The number of aliphatic hydroxyl groups is 1. The Kier molecular flexibility index (Phi) is 12.9. The first-order valence-corrected chi connectivity index (χ1v) is 19.7. The van der Waals surface area contributed by atoms with Crippen molar-refractivity contribution in [3.63, 3.8) is 0 Å². The molecule has 0 spiro atoms. The van der Waals surface area contributed by atoms with Crippen LogP contribution in [0.3, 0.4) is 0 Å². The number of imidazole rings is 1. The fourth-order valence-corrected chi connectivity index (χ4v) is 7.17. The molecule has 0 unspecified atom stereocenters. The Labute approximate surface area is 335 Å². The molecule has 15 nitrogen and oxygen atoms in total. The Hall–Kier alpha value is -5.42. The second kappa shape index (κ2) is 17.8. The zero-order chi connectivity index (χ0) is 40.7. The van der Waals surface area contributed by atoms with Crippen LogP contribution < -0.4 is 20.5 Å². The number of thioether (sulfide) groups is 1. The molecule has 1 aliphatic heterocycles. The van der Waals surface area contributed by atoms with Crippen LogP contribution in [-0.4, -0.2) is 99.5 Å². The molecular weight excluding hydrogens is 753 g/mol. The molecule has 4 N–H and O–H groups in total. The molecule has 3 aromatic carbocycles. The topological polar surface area (TPSA) is 191 Å². The summed E-state index contributed by atoms with van der Waals surface area (Å²) in [5, 5.41) is 14.7. The number of nitrogens with two attached hydrogens (primary N) is 1. The van der Waals surface area contributed by atoms with Crippen molar-refractivity contribution in [1.82, 2.24) is 24.8 Å². The van der Waals surface area contributed by atoms with Crippen molar-refractivity contribution in [2.24, 2.45) is 0 Å². The highest BCUT2D eigenvalue weighted by atomic mass is 32.2. The van der Waals surface area contributed by atoms with E-state index in [2.05, 4.69) is 20.3 Å². The van der Waals surface area contributed by atoms with E-state index < -0.39 is 53.8 Å². The maximum atomic E-state index is 14.0. The Morgan fingerprint density at radius 2 is 1.54 bits per heavy atom. The van der Waals surface area contributed by atoms with Crippen molar-refractivity contribution >= 4 is 40.8 Å². The summed E-state index contributed by atoms with van der Waals surface area (Å²) in [6.45, 7) is 4.99. The van der Waals surface area contributed by atoms with E-state index in [1.165, 1.54) is 29.0 Å². The van der Waals surface area contributed by atoms with E-state index in [-0.39, 0.29) is 18.8 Å². The largest absolute Gasteiger partial charge is 0.497 e. The van der Waals surface area contributed by atoms with E-state index >= 15 is 0 Å².